The average Bonchev–Trinajstić information content (AvgIpc) is 2.99. The van der Waals surface area contributed by atoms with Gasteiger partial charge in [-0.1, -0.05) is 6.08 Å². The van der Waals surface area contributed by atoms with E-state index < -0.39 is 0 Å². The quantitative estimate of drug-likeness (QED) is 0.647. The van der Waals surface area contributed by atoms with Crippen molar-refractivity contribution >= 4 is 5.91 Å². The molecule has 1 saturated carbocycles. The molecule has 15 heavy (non-hydrogen) atoms. The van der Waals surface area contributed by atoms with Crippen molar-refractivity contribution in [3.63, 3.8) is 0 Å². The van der Waals surface area contributed by atoms with Crippen LogP contribution in [0.2, 0.25) is 0 Å². The second kappa shape index (κ2) is 3.32. The number of nitrogens with one attached hydrogen (secondary N) is 1. The van der Waals surface area contributed by atoms with Crippen LogP contribution in [0, 0.1) is 5.41 Å². The lowest BCUT2D eigenvalue weighted by atomic mass is 10.0. The van der Waals surface area contributed by atoms with Gasteiger partial charge in [-0.2, -0.15) is 0 Å². The molecule has 1 saturated heterocycles. The number of carbonyl (C=O) groups excluding carboxylic acids is 1. The molecular weight excluding hydrogens is 192 g/mol. The minimum atomic E-state index is 0.0493. The predicted molar refractivity (Wildman–Crippen MR) is 55.4 cm³/mol. The minimum Gasteiger partial charge on any atom is -0.379 e. The van der Waals surface area contributed by atoms with Crippen LogP contribution >= 0.6 is 0 Å². The van der Waals surface area contributed by atoms with Crippen molar-refractivity contribution in [2.45, 2.75) is 12.5 Å². The number of carbonyl (C=O) groups is 1. The van der Waals surface area contributed by atoms with Gasteiger partial charge in [0.05, 0.1) is 13.2 Å². The van der Waals surface area contributed by atoms with E-state index in [1.54, 1.807) is 6.08 Å². The van der Waals surface area contributed by atoms with Crippen LogP contribution in [0.15, 0.2) is 12.2 Å². The van der Waals surface area contributed by atoms with Crippen molar-refractivity contribution in [1.29, 1.82) is 0 Å². The Morgan fingerprint density at radius 2 is 2.27 bits per heavy atom. The lowest BCUT2D eigenvalue weighted by Gasteiger charge is -2.29. The highest BCUT2D eigenvalue weighted by Gasteiger charge is 2.56. The Bertz CT molecular complexity index is 310. The summed E-state index contributed by atoms with van der Waals surface area (Å²) in [5.41, 5.74) is 0.241. The Morgan fingerprint density at radius 3 is 2.93 bits per heavy atom. The number of nitrogens with zero attached hydrogens (tertiary/aromatic N) is 1. The van der Waals surface area contributed by atoms with Gasteiger partial charge in [-0.05, 0) is 12.5 Å². The third-order valence-electron chi connectivity index (χ3n) is 3.72. The van der Waals surface area contributed by atoms with Crippen LogP contribution in [0.5, 0.6) is 0 Å². The summed E-state index contributed by atoms with van der Waals surface area (Å²) in [6.07, 6.45) is 4.97. The summed E-state index contributed by atoms with van der Waals surface area (Å²) < 4.78 is 5.34. The SMILES string of the molecule is O=C1C=CC2(CN1)CC2N1CCOCC1. The molecule has 2 aliphatic heterocycles. The third kappa shape index (κ3) is 1.58. The largest absolute Gasteiger partial charge is 0.379 e. The Kier molecular flexibility index (Phi) is 2.07. The lowest BCUT2D eigenvalue weighted by Crippen LogP contribution is -2.42. The Labute approximate surface area is 89.3 Å². The third-order valence-corrected chi connectivity index (χ3v) is 3.72. The summed E-state index contributed by atoms with van der Waals surface area (Å²) in [6.45, 7) is 4.58. The Morgan fingerprint density at radius 1 is 1.47 bits per heavy atom. The zero-order valence-electron chi connectivity index (χ0n) is 8.74. The fraction of sp³-hybridized carbons (Fsp3) is 0.727. The van der Waals surface area contributed by atoms with Crippen LogP contribution in [0.3, 0.4) is 0 Å². The van der Waals surface area contributed by atoms with Crippen LogP contribution in [0.1, 0.15) is 6.42 Å². The molecule has 3 rings (SSSR count). The molecule has 1 aliphatic carbocycles. The van der Waals surface area contributed by atoms with Crippen LogP contribution in [0.25, 0.3) is 0 Å². The summed E-state index contributed by atoms with van der Waals surface area (Å²) >= 11 is 0. The summed E-state index contributed by atoms with van der Waals surface area (Å²) in [7, 11) is 0. The molecule has 82 valence electrons. The van der Waals surface area contributed by atoms with Gasteiger partial charge in [0.15, 0.2) is 0 Å². The first kappa shape index (κ1) is 9.36. The topological polar surface area (TPSA) is 41.6 Å². The summed E-state index contributed by atoms with van der Waals surface area (Å²) in [6, 6.07) is 0.623. The molecule has 0 aromatic rings. The molecule has 1 N–H and O–H groups in total. The fourth-order valence-corrected chi connectivity index (χ4v) is 2.66. The minimum absolute atomic E-state index is 0.0493. The number of rotatable bonds is 1. The van der Waals surface area contributed by atoms with E-state index in [1.807, 2.05) is 0 Å². The van der Waals surface area contributed by atoms with Crippen molar-refractivity contribution in [3.05, 3.63) is 12.2 Å². The Hall–Kier alpha value is -0.870. The highest BCUT2D eigenvalue weighted by molar-refractivity contribution is 5.88. The molecule has 2 heterocycles. The van der Waals surface area contributed by atoms with Crippen molar-refractivity contribution in [2.24, 2.45) is 5.41 Å². The maximum atomic E-state index is 11.0. The van der Waals surface area contributed by atoms with E-state index >= 15 is 0 Å². The molecule has 2 atom stereocenters. The Balaban J connectivity index is 1.67. The van der Waals surface area contributed by atoms with Crippen molar-refractivity contribution in [1.82, 2.24) is 10.2 Å². The monoisotopic (exact) mass is 208 g/mol. The first-order chi connectivity index (χ1) is 7.30. The predicted octanol–water partition coefficient (Wildman–Crippen LogP) is -0.237. The first-order valence-corrected chi connectivity index (χ1v) is 5.59. The van der Waals surface area contributed by atoms with E-state index in [4.69, 9.17) is 4.74 Å². The molecular formula is C11H16N2O2. The molecule has 2 unspecified atom stereocenters. The molecule has 1 spiro atoms. The van der Waals surface area contributed by atoms with Crippen molar-refractivity contribution < 1.29 is 9.53 Å². The molecule has 4 heteroatoms. The van der Waals surface area contributed by atoms with Gasteiger partial charge in [0.25, 0.3) is 0 Å². The number of ether oxygens (including phenoxy) is 1. The number of amides is 1. The summed E-state index contributed by atoms with van der Waals surface area (Å²) in [5, 5.41) is 2.92. The molecule has 1 amide bonds. The van der Waals surface area contributed by atoms with Crippen molar-refractivity contribution in [3.8, 4) is 0 Å². The van der Waals surface area contributed by atoms with Gasteiger partial charge in [-0.25, -0.2) is 0 Å². The smallest absolute Gasteiger partial charge is 0.243 e. The van der Waals surface area contributed by atoms with Gasteiger partial charge in [0.1, 0.15) is 0 Å². The highest BCUT2D eigenvalue weighted by Crippen LogP contribution is 2.51. The first-order valence-electron chi connectivity index (χ1n) is 5.59. The van der Waals surface area contributed by atoms with Gasteiger partial charge < -0.3 is 10.1 Å². The maximum Gasteiger partial charge on any atom is 0.243 e. The lowest BCUT2D eigenvalue weighted by molar-refractivity contribution is -0.117. The van der Waals surface area contributed by atoms with Gasteiger partial charge in [-0.3, -0.25) is 9.69 Å². The van der Waals surface area contributed by atoms with Gasteiger partial charge in [0.2, 0.25) is 5.91 Å². The summed E-state index contributed by atoms with van der Waals surface area (Å²) in [4.78, 5) is 13.5. The summed E-state index contributed by atoms with van der Waals surface area (Å²) in [5.74, 6) is 0.0493. The molecule has 4 nitrogen and oxygen atoms in total. The fourth-order valence-electron chi connectivity index (χ4n) is 2.66. The van der Waals surface area contributed by atoms with Gasteiger partial charge in [-0.15, -0.1) is 0 Å². The zero-order chi connectivity index (χ0) is 10.3. The normalized spacial score (nSPS) is 40.5. The molecule has 0 bridgehead atoms. The molecule has 0 radical (unpaired) electrons. The highest BCUT2D eigenvalue weighted by atomic mass is 16.5. The standard InChI is InChI=1S/C11H16N2O2/c14-10-1-2-11(8-12-10)7-9(11)13-3-5-15-6-4-13/h1-2,9H,3-8H2,(H,12,14). The molecule has 2 fully saturated rings. The van der Waals surface area contributed by atoms with E-state index in [0.29, 0.717) is 6.04 Å². The van der Waals surface area contributed by atoms with E-state index in [0.717, 1.165) is 32.8 Å². The van der Waals surface area contributed by atoms with E-state index in [9.17, 15) is 4.79 Å². The molecule has 0 aromatic carbocycles. The van der Waals surface area contributed by atoms with Crippen LogP contribution in [-0.4, -0.2) is 49.7 Å². The maximum absolute atomic E-state index is 11.0. The van der Waals surface area contributed by atoms with Gasteiger partial charge >= 0.3 is 0 Å². The van der Waals surface area contributed by atoms with E-state index in [1.165, 1.54) is 6.42 Å². The zero-order valence-corrected chi connectivity index (χ0v) is 8.74. The molecule has 3 aliphatic rings. The van der Waals surface area contributed by atoms with E-state index in [-0.39, 0.29) is 11.3 Å². The van der Waals surface area contributed by atoms with E-state index in [2.05, 4.69) is 16.3 Å². The number of hydrogen-bond donors (Lipinski definition) is 1. The van der Waals surface area contributed by atoms with Crippen LogP contribution < -0.4 is 5.32 Å². The van der Waals surface area contributed by atoms with Gasteiger partial charge in [0, 0.05) is 31.1 Å². The number of morpholine rings is 1. The van der Waals surface area contributed by atoms with Crippen molar-refractivity contribution in [2.75, 3.05) is 32.8 Å². The van der Waals surface area contributed by atoms with Crippen LogP contribution in [0.4, 0.5) is 0 Å². The second-order valence-electron chi connectivity index (χ2n) is 4.65. The molecule has 0 aromatic heterocycles. The average molecular weight is 208 g/mol. The number of hydrogen-bond acceptors (Lipinski definition) is 3. The second-order valence-corrected chi connectivity index (χ2v) is 4.65. The van der Waals surface area contributed by atoms with Crippen LogP contribution in [-0.2, 0) is 9.53 Å².